The van der Waals surface area contributed by atoms with Gasteiger partial charge in [0.2, 0.25) is 0 Å². The van der Waals surface area contributed by atoms with Crippen LogP contribution in [0.2, 0.25) is 29.7 Å². The molecular weight excluding hydrogens is 652 g/mol. The number of nitrogens with zero attached hydrogens (tertiary/aromatic N) is 5. The van der Waals surface area contributed by atoms with Crippen LogP contribution in [0.1, 0.15) is 29.2 Å². The van der Waals surface area contributed by atoms with Gasteiger partial charge in [-0.2, -0.15) is 5.26 Å². The zero-order chi connectivity index (χ0) is 27.4. The fourth-order valence-electron chi connectivity index (χ4n) is 5.57. The molecule has 0 spiro atoms. The molecule has 7 nitrogen and oxygen atoms in total. The van der Waals surface area contributed by atoms with Crippen LogP contribution in [-0.2, 0) is 16.0 Å². The lowest BCUT2D eigenvalue weighted by Crippen LogP contribution is -2.45. The van der Waals surface area contributed by atoms with E-state index in [4.69, 9.17) is 27.9 Å². The highest BCUT2D eigenvalue weighted by molar-refractivity contribution is 14.1. The van der Waals surface area contributed by atoms with Crippen molar-refractivity contribution < 1.29 is 9.53 Å². The maximum atomic E-state index is 14.1. The fourth-order valence-corrected chi connectivity index (χ4v) is 10.2. The second kappa shape index (κ2) is 9.97. The molecule has 2 unspecified atom stereocenters. The van der Waals surface area contributed by atoms with Crippen LogP contribution in [0.3, 0.4) is 0 Å². The molecular formula is C27H26Cl2IN5O2Si. The lowest BCUT2D eigenvalue weighted by Gasteiger charge is -2.34. The molecule has 3 heterocycles. The Bertz CT molecular complexity index is 1490. The van der Waals surface area contributed by atoms with Crippen LogP contribution in [0.5, 0.6) is 0 Å². The summed E-state index contributed by atoms with van der Waals surface area (Å²) in [4.78, 5) is 16.0. The minimum Gasteiger partial charge on any atom is -0.498 e. The molecule has 11 heteroatoms. The quantitative estimate of drug-likeness (QED) is 0.257. The maximum Gasteiger partial charge on any atom is 0.258 e. The molecule has 3 aromatic rings. The normalized spacial score (nSPS) is 21.2. The van der Waals surface area contributed by atoms with Gasteiger partial charge in [0.15, 0.2) is 0 Å². The number of carbonyl (C=O) groups is 1. The van der Waals surface area contributed by atoms with Crippen molar-refractivity contribution in [1.29, 1.82) is 5.26 Å². The summed E-state index contributed by atoms with van der Waals surface area (Å²) >= 11 is 15.0. The van der Waals surface area contributed by atoms with Gasteiger partial charge in [-0.15, -0.1) is 5.10 Å². The predicted molar refractivity (Wildman–Crippen MR) is 159 cm³/mol. The zero-order valence-electron chi connectivity index (χ0n) is 21.4. The van der Waals surface area contributed by atoms with Crippen molar-refractivity contribution in [2.24, 2.45) is 0 Å². The van der Waals surface area contributed by atoms with Gasteiger partial charge in [0.25, 0.3) is 5.91 Å². The minimum atomic E-state index is -1.69. The van der Waals surface area contributed by atoms with Crippen molar-refractivity contribution in [2.45, 2.75) is 44.1 Å². The van der Waals surface area contributed by atoms with Crippen LogP contribution in [0.15, 0.2) is 48.2 Å². The van der Waals surface area contributed by atoms with Crippen LogP contribution < -0.4 is 5.32 Å². The lowest BCUT2D eigenvalue weighted by atomic mass is 9.85. The Kier molecular flexibility index (Phi) is 7.13. The molecule has 0 radical (unpaired) electrons. The molecule has 1 saturated heterocycles. The van der Waals surface area contributed by atoms with Gasteiger partial charge in [0.05, 0.1) is 35.7 Å². The largest absolute Gasteiger partial charge is 0.498 e. The summed E-state index contributed by atoms with van der Waals surface area (Å²) in [6.07, 6.45) is 1.12. The first kappa shape index (κ1) is 27.2. The fraction of sp³-hybridized carbons (Fsp3) is 0.333. The highest BCUT2D eigenvalue weighted by Gasteiger charge is 2.59. The summed E-state index contributed by atoms with van der Waals surface area (Å²) in [6.45, 7) is 7.21. The number of carbonyl (C=O) groups excluding carboxylic acids is 1. The second-order valence-corrected chi connectivity index (χ2v) is 17.6. The number of ether oxygens (including phenoxy) is 1. The standard InChI is InChI=1S/C27H26Cl2IN5O2Si/c1-37-23-22(18-9-19(28)11-20(29)10-18)26(36)34-15-21(35-24(30)25(32-33-35)38(2,3)4)13-27(23,34)12-16-5-7-17(14-31)8-6-16/h5-11,21H,12-13,15H2,1-4H3. The third kappa shape index (κ3) is 4.55. The number of nitriles is 1. The van der Waals surface area contributed by atoms with Crippen LogP contribution in [0, 0.1) is 15.0 Å². The Hall–Kier alpha value is -2.39. The van der Waals surface area contributed by atoms with Crippen molar-refractivity contribution in [1.82, 2.24) is 19.9 Å². The Morgan fingerprint density at radius 3 is 2.39 bits per heavy atom. The van der Waals surface area contributed by atoms with Crippen LogP contribution in [-0.4, -0.2) is 53.1 Å². The second-order valence-electron chi connectivity index (χ2n) is 10.8. The van der Waals surface area contributed by atoms with E-state index in [0.717, 1.165) is 14.6 Å². The van der Waals surface area contributed by atoms with Crippen molar-refractivity contribution in [3.8, 4) is 6.07 Å². The molecule has 2 aliphatic heterocycles. The van der Waals surface area contributed by atoms with E-state index in [2.05, 4.69) is 58.6 Å². The molecule has 0 aliphatic carbocycles. The summed E-state index contributed by atoms with van der Waals surface area (Å²) < 4.78 is 9.08. The van der Waals surface area contributed by atoms with E-state index in [0.29, 0.717) is 51.9 Å². The average molecular weight is 678 g/mol. The highest BCUT2D eigenvalue weighted by atomic mass is 127. The lowest BCUT2D eigenvalue weighted by molar-refractivity contribution is -0.126. The molecule has 2 aromatic carbocycles. The number of aromatic nitrogens is 3. The van der Waals surface area contributed by atoms with E-state index in [1.54, 1.807) is 37.4 Å². The first-order valence-corrected chi connectivity index (χ1v) is 17.5. The van der Waals surface area contributed by atoms with Gasteiger partial charge in [-0.05, 0) is 64.0 Å². The topological polar surface area (TPSA) is 84.0 Å². The summed E-state index contributed by atoms with van der Waals surface area (Å²) in [5, 5.41) is 20.3. The summed E-state index contributed by atoms with van der Waals surface area (Å²) in [7, 11) is -0.0869. The van der Waals surface area contributed by atoms with Crippen molar-refractivity contribution in [3.63, 3.8) is 0 Å². The zero-order valence-corrected chi connectivity index (χ0v) is 26.1. The van der Waals surface area contributed by atoms with Gasteiger partial charge < -0.3 is 9.64 Å². The van der Waals surface area contributed by atoms with E-state index in [1.165, 1.54) is 0 Å². The maximum absolute atomic E-state index is 14.1. The molecule has 0 saturated carbocycles. The Morgan fingerprint density at radius 1 is 1.18 bits per heavy atom. The highest BCUT2D eigenvalue weighted by Crippen LogP contribution is 2.52. The third-order valence-electron chi connectivity index (χ3n) is 7.22. The Balaban J connectivity index is 1.65. The van der Waals surface area contributed by atoms with Gasteiger partial charge in [-0.3, -0.25) is 4.79 Å². The van der Waals surface area contributed by atoms with E-state index >= 15 is 0 Å². The van der Waals surface area contributed by atoms with Crippen molar-refractivity contribution >= 4 is 70.7 Å². The Morgan fingerprint density at radius 2 is 1.84 bits per heavy atom. The molecule has 1 fully saturated rings. The average Bonchev–Trinajstić information content (AvgIpc) is 3.48. The van der Waals surface area contributed by atoms with E-state index in [9.17, 15) is 10.1 Å². The smallest absolute Gasteiger partial charge is 0.258 e. The van der Waals surface area contributed by atoms with E-state index < -0.39 is 13.6 Å². The Labute approximate surface area is 246 Å². The molecule has 0 N–H and O–H groups in total. The predicted octanol–water partition coefficient (Wildman–Crippen LogP) is 5.43. The molecule has 2 atom stereocenters. The molecule has 2 aliphatic rings. The number of halogens is 3. The number of methoxy groups -OCH3 is 1. The SMILES string of the molecule is COC1=C(c2cc(Cl)cc(Cl)c2)C(=O)N2CC(n3nnc([Si](C)(C)C)c3I)CC12Cc1ccc(C#N)cc1. The molecule has 1 amide bonds. The van der Waals surface area contributed by atoms with E-state index in [1.807, 2.05) is 21.7 Å². The van der Waals surface area contributed by atoms with Crippen molar-refractivity contribution in [3.05, 3.63) is 78.7 Å². The first-order chi connectivity index (χ1) is 18.0. The number of hydrogen-bond donors (Lipinski definition) is 0. The molecule has 1 aromatic heterocycles. The van der Waals surface area contributed by atoms with E-state index in [-0.39, 0.29) is 11.9 Å². The van der Waals surface area contributed by atoms with Gasteiger partial charge in [-0.25, -0.2) is 4.68 Å². The number of hydrogen-bond acceptors (Lipinski definition) is 5. The number of benzene rings is 2. The molecule has 5 rings (SSSR count). The number of amides is 1. The first-order valence-electron chi connectivity index (χ1n) is 12.2. The molecule has 0 bridgehead atoms. The van der Waals surface area contributed by atoms with Gasteiger partial charge in [0, 0.05) is 29.4 Å². The molecule has 38 heavy (non-hydrogen) atoms. The third-order valence-corrected chi connectivity index (χ3v) is 10.9. The van der Waals surface area contributed by atoms with Crippen LogP contribution >= 0.6 is 45.8 Å². The van der Waals surface area contributed by atoms with Gasteiger partial charge >= 0.3 is 0 Å². The summed E-state index contributed by atoms with van der Waals surface area (Å²) in [6, 6.07) is 14.7. The summed E-state index contributed by atoms with van der Waals surface area (Å²) in [5.74, 6) is 0.463. The number of fused-ring (bicyclic) bond motifs is 1. The monoisotopic (exact) mass is 677 g/mol. The van der Waals surface area contributed by atoms with Gasteiger partial charge in [-0.1, -0.05) is 60.2 Å². The minimum absolute atomic E-state index is 0.0727. The van der Waals surface area contributed by atoms with Crippen LogP contribution in [0.25, 0.3) is 5.57 Å². The van der Waals surface area contributed by atoms with Crippen LogP contribution in [0.4, 0.5) is 0 Å². The van der Waals surface area contributed by atoms with Crippen molar-refractivity contribution in [2.75, 3.05) is 13.7 Å². The summed E-state index contributed by atoms with van der Waals surface area (Å²) in [5.41, 5.74) is 1.94. The number of rotatable bonds is 6. The van der Waals surface area contributed by atoms with Gasteiger partial charge in [0.1, 0.15) is 23.1 Å². The molecule has 196 valence electrons.